The van der Waals surface area contributed by atoms with Crippen LogP contribution in [0.3, 0.4) is 0 Å². The van der Waals surface area contributed by atoms with E-state index in [1.165, 1.54) is 55.5 Å². The number of hydrogen-bond donors (Lipinski definition) is 1. The van der Waals surface area contributed by atoms with Gasteiger partial charge in [-0.1, -0.05) is 72.1 Å². The van der Waals surface area contributed by atoms with E-state index < -0.39 is 40.2 Å². The third-order valence-corrected chi connectivity index (χ3v) is 9.14. The SMILES string of the molecule is CCC(C)NC(=O)C(C)N(Cc1ccccc1F)C(=O)CN(c1cccc(Cl)c1Cl)S(=O)(=O)c1ccc(C)cc1. The van der Waals surface area contributed by atoms with Crippen molar-refractivity contribution in [1.82, 2.24) is 10.2 Å². The zero-order chi connectivity index (χ0) is 29.6. The van der Waals surface area contributed by atoms with E-state index in [2.05, 4.69) is 5.32 Å². The number of benzene rings is 3. The average Bonchev–Trinajstić information content (AvgIpc) is 2.92. The van der Waals surface area contributed by atoms with E-state index in [1.54, 1.807) is 18.2 Å². The lowest BCUT2D eigenvalue weighted by Gasteiger charge is -2.32. The molecule has 11 heteroatoms. The molecule has 0 spiro atoms. The number of aryl methyl sites for hydroxylation is 1. The summed E-state index contributed by atoms with van der Waals surface area (Å²) in [5.74, 6) is -1.74. The summed E-state index contributed by atoms with van der Waals surface area (Å²) in [6.07, 6.45) is 0.662. The van der Waals surface area contributed by atoms with E-state index in [4.69, 9.17) is 23.2 Å². The maximum atomic E-state index is 14.6. The molecule has 0 aliphatic carbocycles. The number of anilines is 1. The van der Waals surface area contributed by atoms with Gasteiger partial charge in [0.1, 0.15) is 18.4 Å². The predicted molar refractivity (Wildman–Crippen MR) is 156 cm³/mol. The van der Waals surface area contributed by atoms with Gasteiger partial charge in [0.05, 0.1) is 20.6 Å². The number of carbonyl (C=O) groups excluding carboxylic acids is 2. The fourth-order valence-corrected chi connectivity index (χ4v) is 5.77. The van der Waals surface area contributed by atoms with Crippen LogP contribution in [-0.4, -0.2) is 43.8 Å². The molecule has 0 saturated heterocycles. The molecule has 214 valence electrons. The Balaban J connectivity index is 2.08. The van der Waals surface area contributed by atoms with Crippen molar-refractivity contribution in [3.05, 3.63) is 93.7 Å². The zero-order valence-corrected chi connectivity index (χ0v) is 25.0. The van der Waals surface area contributed by atoms with Crippen molar-refractivity contribution in [1.29, 1.82) is 0 Å². The van der Waals surface area contributed by atoms with Crippen LogP contribution in [-0.2, 0) is 26.2 Å². The van der Waals surface area contributed by atoms with E-state index in [0.29, 0.717) is 6.42 Å². The molecule has 0 fully saturated rings. The highest BCUT2D eigenvalue weighted by Gasteiger charge is 2.34. The maximum Gasteiger partial charge on any atom is 0.264 e. The van der Waals surface area contributed by atoms with E-state index in [1.807, 2.05) is 20.8 Å². The van der Waals surface area contributed by atoms with Gasteiger partial charge in [-0.25, -0.2) is 12.8 Å². The van der Waals surface area contributed by atoms with Gasteiger partial charge >= 0.3 is 0 Å². The van der Waals surface area contributed by atoms with E-state index in [-0.39, 0.29) is 38.8 Å². The Hall–Kier alpha value is -3.14. The number of amides is 2. The number of halogens is 3. The Morgan fingerprint density at radius 2 is 1.62 bits per heavy atom. The van der Waals surface area contributed by atoms with E-state index >= 15 is 0 Å². The van der Waals surface area contributed by atoms with Gasteiger partial charge in [-0.3, -0.25) is 13.9 Å². The van der Waals surface area contributed by atoms with Crippen molar-refractivity contribution < 1.29 is 22.4 Å². The first kappa shape index (κ1) is 31.4. The van der Waals surface area contributed by atoms with Gasteiger partial charge < -0.3 is 10.2 Å². The number of rotatable bonds is 11. The second-order valence-electron chi connectivity index (χ2n) is 9.50. The summed E-state index contributed by atoms with van der Waals surface area (Å²) >= 11 is 12.6. The smallest absolute Gasteiger partial charge is 0.264 e. The number of nitrogens with one attached hydrogen (secondary N) is 1. The van der Waals surface area contributed by atoms with Crippen molar-refractivity contribution in [3.63, 3.8) is 0 Å². The number of carbonyl (C=O) groups is 2. The Bertz CT molecular complexity index is 1470. The van der Waals surface area contributed by atoms with Gasteiger partial charge in [0.15, 0.2) is 0 Å². The molecule has 0 heterocycles. The largest absolute Gasteiger partial charge is 0.352 e. The van der Waals surface area contributed by atoms with Gasteiger partial charge in [0.2, 0.25) is 11.8 Å². The fraction of sp³-hybridized carbons (Fsp3) is 0.310. The molecular formula is C29H32Cl2FN3O4S. The van der Waals surface area contributed by atoms with E-state index in [9.17, 15) is 22.4 Å². The van der Waals surface area contributed by atoms with Gasteiger partial charge in [0, 0.05) is 18.2 Å². The molecule has 7 nitrogen and oxygen atoms in total. The van der Waals surface area contributed by atoms with Crippen LogP contribution in [0.15, 0.2) is 71.6 Å². The van der Waals surface area contributed by atoms with Crippen LogP contribution in [0.2, 0.25) is 10.0 Å². The molecule has 2 atom stereocenters. The van der Waals surface area contributed by atoms with Crippen LogP contribution < -0.4 is 9.62 Å². The predicted octanol–water partition coefficient (Wildman–Crippen LogP) is 5.97. The molecule has 3 aromatic rings. The molecule has 0 saturated carbocycles. The number of hydrogen-bond acceptors (Lipinski definition) is 4. The lowest BCUT2D eigenvalue weighted by Crippen LogP contribution is -2.52. The van der Waals surface area contributed by atoms with Crippen molar-refractivity contribution >= 4 is 50.7 Å². The molecule has 0 radical (unpaired) electrons. The Morgan fingerprint density at radius 1 is 0.975 bits per heavy atom. The first-order valence-corrected chi connectivity index (χ1v) is 14.9. The second-order valence-corrected chi connectivity index (χ2v) is 12.2. The molecule has 1 N–H and O–H groups in total. The lowest BCUT2D eigenvalue weighted by atomic mass is 10.1. The van der Waals surface area contributed by atoms with Gasteiger partial charge in [-0.05, 0) is 57.5 Å². The molecule has 2 amide bonds. The summed E-state index contributed by atoms with van der Waals surface area (Å²) in [7, 11) is -4.32. The second kappa shape index (κ2) is 13.5. The first-order valence-electron chi connectivity index (χ1n) is 12.7. The highest BCUT2D eigenvalue weighted by Crippen LogP contribution is 2.35. The molecule has 0 aliphatic heterocycles. The summed E-state index contributed by atoms with van der Waals surface area (Å²) < 4.78 is 43.3. The quantitative estimate of drug-likeness (QED) is 0.291. The molecule has 40 heavy (non-hydrogen) atoms. The summed E-state index contributed by atoms with van der Waals surface area (Å²) in [6.45, 7) is 6.08. The third-order valence-electron chi connectivity index (χ3n) is 6.55. The van der Waals surface area contributed by atoms with E-state index in [0.717, 1.165) is 14.8 Å². The van der Waals surface area contributed by atoms with Crippen molar-refractivity contribution in [2.45, 2.75) is 57.6 Å². The molecule has 0 aliphatic rings. The van der Waals surface area contributed by atoms with Crippen LogP contribution in [0.4, 0.5) is 10.1 Å². The third kappa shape index (κ3) is 7.33. The minimum atomic E-state index is -4.32. The molecule has 0 aromatic heterocycles. The monoisotopic (exact) mass is 607 g/mol. The molecule has 3 aromatic carbocycles. The summed E-state index contributed by atoms with van der Waals surface area (Å²) in [4.78, 5) is 28.1. The van der Waals surface area contributed by atoms with Crippen LogP contribution in [0.1, 0.15) is 38.3 Å². The van der Waals surface area contributed by atoms with Crippen molar-refractivity contribution in [2.75, 3.05) is 10.8 Å². The average molecular weight is 609 g/mol. The first-order chi connectivity index (χ1) is 18.9. The summed E-state index contributed by atoms with van der Waals surface area (Å²) in [6, 6.07) is 15.3. The Labute approximate surface area is 244 Å². The van der Waals surface area contributed by atoms with Crippen LogP contribution in [0, 0.1) is 12.7 Å². The molecule has 3 rings (SSSR count). The van der Waals surface area contributed by atoms with Gasteiger partial charge in [-0.2, -0.15) is 0 Å². The van der Waals surface area contributed by atoms with Crippen molar-refractivity contribution in [3.8, 4) is 0 Å². The summed E-state index contributed by atoms with van der Waals surface area (Å²) in [5, 5.41) is 2.87. The van der Waals surface area contributed by atoms with Gasteiger partial charge in [-0.15, -0.1) is 0 Å². The van der Waals surface area contributed by atoms with Crippen LogP contribution >= 0.6 is 23.2 Å². The van der Waals surface area contributed by atoms with Crippen LogP contribution in [0.5, 0.6) is 0 Å². The summed E-state index contributed by atoms with van der Waals surface area (Å²) in [5.41, 5.74) is 1.01. The maximum absolute atomic E-state index is 14.6. The highest BCUT2D eigenvalue weighted by atomic mass is 35.5. The molecular weight excluding hydrogens is 576 g/mol. The fourth-order valence-electron chi connectivity index (χ4n) is 3.89. The number of nitrogens with zero attached hydrogens (tertiary/aromatic N) is 2. The van der Waals surface area contributed by atoms with Crippen molar-refractivity contribution in [2.24, 2.45) is 0 Å². The lowest BCUT2D eigenvalue weighted by molar-refractivity contribution is -0.139. The van der Waals surface area contributed by atoms with Gasteiger partial charge in [0.25, 0.3) is 10.0 Å². The molecule has 2 unspecified atom stereocenters. The Morgan fingerprint density at radius 3 is 2.25 bits per heavy atom. The Kier molecular flexibility index (Phi) is 10.6. The van der Waals surface area contributed by atoms with Crippen LogP contribution in [0.25, 0.3) is 0 Å². The highest BCUT2D eigenvalue weighted by molar-refractivity contribution is 7.92. The zero-order valence-electron chi connectivity index (χ0n) is 22.7. The topological polar surface area (TPSA) is 86.8 Å². The standard InChI is InChI=1S/C29H32Cl2FN3O4S/c1-5-20(3)33-29(37)21(4)34(17-22-9-6-7-11-25(22)32)27(36)18-35(26-12-8-10-24(30)28(26)31)40(38,39)23-15-13-19(2)14-16-23/h6-16,20-21H,5,17-18H2,1-4H3,(H,33,37). The number of sulfonamides is 1. The normalized spacial score (nSPS) is 12.9. The minimum absolute atomic E-state index is 0.00866. The minimum Gasteiger partial charge on any atom is -0.352 e. The molecule has 0 bridgehead atoms.